The Morgan fingerprint density at radius 1 is 1.44 bits per heavy atom. The number of carbonyl (C=O) groups is 1. The molecule has 1 rings (SSSR count). The van der Waals surface area contributed by atoms with Crippen molar-refractivity contribution >= 4 is 5.91 Å². The van der Waals surface area contributed by atoms with E-state index in [0.717, 1.165) is 26.1 Å². The molecule has 3 N–H and O–H groups in total. The fraction of sp³-hybridized carbons (Fsp3) is 0.929. The summed E-state index contributed by atoms with van der Waals surface area (Å²) < 4.78 is 0. The molecule has 2 unspecified atom stereocenters. The van der Waals surface area contributed by atoms with Crippen LogP contribution < -0.4 is 11.1 Å². The zero-order valence-corrected chi connectivity index (χ0v) is 12.1. The van der Waals surface area contributed by atoms with Gasteiger partial charge in [0.25, 0.3) is 0 Å². The Balaban J connectivity index is 2.52. The van der Waals surface area contributed by atoms with E-state index in [-0.39, 0.29) is 11.8 Å². The van der Waals surface area contributed by atoms with Crippen LogP contribution in [0.25, 0.3) is 0 Å². The minimum Gasteiger partial charge on any atom is -0.352 e. The predicted molar refractivity (Wildman–Crippen MR) is 75.3 cm³/mol. The summed E-state index contributed by atoms with van der Waals surface area (Å²) in [4.78, 5) is 14.2. The van der Waals surface area contributed by atoms with Crippen LogP contribution in [0.2, 0.25) is 0 Å². The molecule has 1 fully saturated rings. The molecule has 0 saturated carbocycles. The Hall–Kier alpha value is -0.610. The zero-order chi connectivity index (χ0) is 13.5. The van der Waals surface area contributed by atoms with Crippen molar-refractivity contribution in [3.05, 3.63) is 0 Å². The molecule has 0 bridgehead atoms. The van der Waals surface area contributed by atoms with Gasteiger partial charge in [-0.2, -0.15) is 0 Å². The minimum atomic E-state index is 0.0690. The van der Waals surface area contributed by atoms with Crippen LogP contribution in [0, 0.1) is 11.8 Å². The van der Waals surface area contributed by atoms with E-state index in [2.05, 4.69) is 17.1 Å². The van der Waals surface area contributed by atoms with Gasteiger partial charge < -0.3 is 11.1 Å². The molecule has 106 valence electrons. The van der Waals surface area contributed by atoms with E-state index in [1.807, 2.05) is 13.8 Å². The molecule has 1 amide bonds. The maximum Gasteiger partial charge on any atom is 0.222 e. The normalized spacial score (nSPS) is 25.4. The van der Waals surface area contributed by atoms with Gasteiger partial charge in [0.05, 0.1) is 0 Å². The van der Waals surface area contributed by atoms with Crippen molar-refractivity contribution in [1.29, 1.82) is 0 Å². The Bertz CT molecular complexity index is 241. The van der Waals surface area contributed by atoms with Crippen molar-refractivity contribution in [3.63, 3.8) is 0 Å². The zero-order valence-electron chi connectivity index (χ0n) is 12.1. The first-order valence-corrected chi connectivity index (χ1v) is 7.29. The Morgan fingerprint density at radius 3 is 2.72 bits per heavy atom. The second-order valence-corrected chi connectivity index (χ2v) is 5.80. The maximum absolute atomic E-state index is 11.8. The first-order chi connectivity index (χ1) is 8.56. The minimum absolute atomic E-state index is 0.0690. The number of carbonyl (C=O) groups excluding carboxylic acids is 1. The van der Waals surface area contributed by atoms with Gasteiger partial charge in [-0.25, -0.2) is 0 Å². The number of likely N-dealkylation sites (tertiary alicyclic amines) is 1. The Morgan fingerprint density at radius 2 is 2.17 bits per heavy atom. The van der Waals surface area contributed by atoms with Crippen LogP contribution in [-0.4, -0.2) is 43.0 Å². The summed E-state index contributed by atoms with van der Waals surface area (Å²) in [5.74, 6) is 0.942. The molecular weight excluding hydrogens is 226 g/mol. The molecule has 4 heteroatoms. The summed E-state index contributed by atoms with van der Waals surface area (Å²) in [6.07, 6.45) is 3.58. The van der Waals surface area contributed by atoms with E-state index >= 15 is 0 Å². The van der Waals surface area contributed by atoms with Crippen molar-refractivity contribution in [3.8, 4) is 0 Å². The lowest BCUT2D eigenvalue weighted by Crippen LogP contribution is -2.52. The molecule has 4 nitrogen and oxygen atoms in total. The van der Waals surface area contributed by atoms with Crippen LogP contribution in [0.15, 0.2) is 0 Å². The lowest BCUT2D eigenvalue weighted by Gasteiger charge is -2.38. The average Bonchev–Trinajstić information content (AvgIpc) is 2.29. The summed E-state index contributed by atoms with van der Waals surface area (Å²) in [5.41, 5.74) is 5.64. The topological polar surface area (TPSA) is 58.4 Å². The van der Waals surface area contributed by atoms with E-state index in [4.69, 9.17) is 5.73 Å². The third-order valence-corrected chi connectivity index (χ3v) is 3.63. The smallest absolute Gasteiger partial charge is 0.222 e. The standard InChI is InChI=1S/C14H29N3O/c1-4-5-12-8-13(16-14(18)11(2)3)10-17(9-12)7-6-15/h11-13H,4-10,15H2,1-3H3,(H,16,18). The van der Waals surface area contributed by atoms with Crippen molar-refractivity contribution in [2.24, 2.45) is 17.6 Å². The van der Waals surface area contributed by atoms with Crippen LogP contribution in [0.1, 0.15) is 40.0 Å². The largest absolute Gasteiger partial charge is 0.352 e. The molecule has 1 aliphatic heterocycles. The SMILES string of the molecule is CCCC1CC(NC(=O)C(C)C)CN(CCN)C1. The van der Waals surface area contributed by atoms with Gasteiger partial charge >= 0.3 is 0 Å². The van der Waals surface area contributed by atoms with Gasteiger partial charge in [-0.3, -0.25) is 9.69 Å². The number of hydrogen-bond donors (Lipinski definition) is 2. The van der Waals surface area contributed by atoms with Crippen molar-refractivity contribution < 1.29 is 4.79 Å². The number of amides is 1. The molecule has 0 aliphatic carbocycles. The number of nitrogens with two attached hydrogens (primary N) is 1. The maximum atomic E-state index is 11.8. The Labute approximate surface area is 111 Å². The van der Waals surface area contributed by atoms with Crippen LogP contribution in [0.3, 0.4) is 0 Å². The monoisotopic (exact) mass is 255 g/mol. The van der Waals surface area contributed by atoms with Crippen molar-refractivity contribution in [2.45, 2.75) is 46.1 Å². The molecule has 0 aromatic rings. The van der Waals surface area contributed by atoms with Crippen molar-refractivity contribution in [2.75, 3.05) is 26.2 Å². The highest BCUT2D eigenvalue weighted by atomic mass is 16.1. The number of hydrogen-bond acceptors (Lipinski definition) is 3. The number of piperidine rings is 1. The van der Waals surface area contributed by atoms with Gasteiger partial charge in [0.2, 0.25) is 5.91 Å². The summed E-state index contributed by atoms with van der Waals surface area (Å²) in [7, 11) is 0. The fourth-order valence-electron chi connectivity index (χ4n) is 2.76. The van der Waals surface area contributed by atoms with Gasteiger partial charge in [0.1, 0.15) is 0 Å². The Kier molecular flexibility index (Phi) is 6.65. The highest BCUT2D eigenvalue weighted by molar-refractivity contribution is 5.78. The van der Waals surface area contributed by atoms with Gasteiger partial charge in [-0.05, 0) is 18.8 Å². The molecule has 0 aromatic carbocycles. The van der Waals surface area contributed by atoms with E-state index in [0.29, 0.717) is 18.5 Å². The van der Waals surface area contributed by atoms with Crippen LogP contribution in [0.5, 0.6) is 0 Å². The summed E-state index contributed by atoms with van der Waals surface area (Å²) >= 11 is 0. The van der Waals surface area contributed by atoms with Crippen LogP contribution in [0.4, 0.5) is 0 Å². The lowest BCUT2D eigenvalue weighted by molar-refractivity contribution is -0.125. The molecule has 1 saturated heterocycles. The molecule has 18 heavy (non-hydrogen) atoms. The second-order valence-electron chi connectivity index (χ2n) is 5.80. The highest BCUT2D eigenvalue weighted by Gasteiger charge is 2.27. The highest BCUT2D eigenvalue weighted by Crippen LogP contribution is 2.21. The van der Waals surface area contributed by atoms with Crippen LogP contribution >= 0.6 is 0 Å². The van der Waals surface area contributed by atoms with Gasteiger partial charge in [-0.15, -0.1) is 0 Å². The fourth-order valence-corrected chi connectivity index (χ4v) is 2.76. The van der Waals surface area contributed by atoms with E-state index in [9.17, 15) is 4.79 Å². The average molecular weight is 255 g/mol. The van der Waals surface area contributed by atoms with E-state index in [1.165, 1.54) is 12.8 Å². The van der Waals surface area contributed by atoms with Gasteiger partial charge in [0.15, 0.2) is 0 Å². The molecule has 2 atom stereocenters. The van der Waals surface area contributed by atoms with Crippen LogP contribution in [-0.2, 0) is 4.79 Å². The second kappa shape index (κ2) is 7.74. The van der Waals surface area contributed by atoms with Gasteiger partial charge in [0, 0.05) is 38.1 Å². The molecular formula is C14H29N3O. The van der Waals surface area contributed by atoms with E-state index in [1.54, 1.807) is 0 Å². The number of nitrogens with zero attached hydrogens (tertiary/aromatic N) is 1. The molecule has 1 heterocycles. The first-order valence-electron chi connectivity index (χ1n) is 7.29. The quantitative estimate of drug-likeness (QED) is 0.750. The summed E-state index contributed by atoms with van der Waals surface area (Å²) in [6, 6.07) is 0.303. The molecule has 1 aliphatic rings. The third-order valence-electron chi connectivity index (χ3n) is 3.63. The van der Waals surface area contributed by atoms with E-state index < -0.39 is 0 Å². The molecule has 0 spiro atoms. The van der Waals surface area contributed by atoms with Gasteiger partial charge in [-0.1, -0.05) is 27.2 Å². The summed E-state index contributed by atoms with van der Waals surface area (Å²) in [5, 5.41) is 3.17. The third kappa shape index (κ3) is 4.94. The lowest BCUT2D eigenvalue weighted by atomic mass is 9.90. The summed E-state index contributed by atoms with van der Waals surface area (Å²) in [6.45, 7) is 9.84. The molecule has 0 radical (unpaired) electrons. The number of rotatable bonds is 6. The predicted octanol–water partition coefficient (Wildman–Crippen LogP) is 1.21. The number of nitrogens with one attached hydrogen (secondary N) is 1. The molecule has 0 aromatic heterocycles. The first kappa shape index (κ1) is 15.4. The van der Waals surface area contributed by atoms with Crippen molar-refractivity contribution in [1.82, 2.24) is 10.2 Å².